The zero-order chi connectivity index (χ0) is 22.1. The number of methoxy groups -OCH3 is 1. The van der Waals surface area contributed by atoms with Crippen LogP contribution in [0.5, 0.6) is 5.75 Å². The third-order valence-corrected chi connectivity index (χ3v) is 3.90. The second-order valence-corrected chi connectivity index (χ2v) is 6.35. The van der Waals surface area contributed by atoms with Crippen LogP contribution in [-0.4, -0.2) is 50.5 Å². The molecule has 0 bridgehead atoms. The van der Waals surface area contributed by atoms with Crippen molar-refractivity contribution >= 4 is 29.5 Å². The molecule has 30 heavy (non-hydrogen) atoms. The quantitative estimate of drug-likeness (QED) is 0.429. The van der Waals surface area contributed by atoms with Crippen molar-refractivity contribution in [1.29, 1.82) is 5.26 Å². The molecule has 0 radical (unpaired) electrons. The summed E-state index contributed by atoms with van der Waals surface area (Å²) < 4.78 is 10.0. The number of benzene rings is 2. The Kier molecular flexibility index (Phi) is 7.71. The van der Waals surface area contributed by atoms with E-state index in [0.29, 0.717) is 22.6 Å². The van der Waals surface area contributed by atoms with Gasteiger partial charge in [0.25, 0.3) is 11.8 Å². The summed E-state index contributed by atoms with van der Waals surface area (Å²) in [6.07, 6.45) is 1.35. The Hall–Kier alpha value is -4.12. The number of anilines is 1. The van der Waals surface area contributed by atoms with Crippen molar-refractivity contribution in [2.45, 2.75) is 0 Å². The molecule has 2 aromatic carbocycles. The number of nitriles is 1. The van der Waals surface area contributed by atoms with Crippen molar-refractivity contribution in [3.8, 4) is 11.8 Å². The van der Waals surface area contributed by atoms with E-state index >= 15 is 0 Å². The van der Waals surface area contributed by atoms with Crippen LogP contribution in [0.1, 0.15) is 15.9 Å². The van der Waals surface area contributed by atoms with Crippen LogP contribution in [0.2, 0.25) is 0 Å². The number of esters is 1. The fourth-order valence-electron chi connectivity index (χ4n) is 2.40. The van der Waals surface area contributed by atoms with Gasteiger partial charge >= 0.3 is 5.97 Å². The fraction of sp³-hybridized carbons (Fsp3) is 0.182. The number of nitrogens with zero attached hydrogens (tertiary/aromatic N) is 2. The molecule has 0 atom stereocenters. The molecule has 0 unspecified atom stereocenters. The lowest BCUT2D eigenvalue weighted by atomic mass is 10.1. The van der Waals surface area contributed by atoms with Crippen molar-refractivity contribution < 1.29 is 23.9 Å². The van der Waals surface area contributed by atoms with Crippen molar-refractivity contribution in [1.82, 2.24) is 4.90 Å². The summed E-state index contributed by atoms with van der Waals surface area (Å²) in [5, 5.41) is 11.8. The fourth-order valence-corrected chi connectivity index (χ4v) is 2.40. The highest BCUT2D eigenvalue weighted by Crippen LogP contribution is 2.16. The van der Waals surface area contributed by atoms with Gasteiger partial charge in [0.05, 0.1) is 7.11 Å². The molecule has 0 aromatic heterocycles. The van der Waals surface area contributed by atoms with Gasteiger partial charge in [-0.3, -0.25) is 9.59 Å². The van der Waals surface area contributed by atoms with E-state index in [4.69, 9.17) is 9.47 Å². The van der Waals surface area contributed by atoms with Crippen molar-refractivity contribution in [3.63, 3.8) is 0 Å². The highest BCUT2D eigenvalue weighted by molar-refractivity contribution is 6.00. The maximum absolute atomic E-state index is 12.1. The monoisotopic (exact) mass is 407 g/mol. The van der Waals surface area contributed by atoms with Crippen LogP contribution < -0.4 is 10.1 Å². The minimum Gasteiger partial charge on any atom is -0.497 e. The van der Waals surface area contributed by atoms with Crippen LogP contribution >= 0.6 is 0 Å². The lowest BCUT2D eigenvalue weighted by molar-refractivity contribution is -0.142. The van der Waals surface area contributed by atoms with Crippen LogP contribution in [0, 0.1) is 11.3 Å². The molecule has 2 amide bonds. The van der Waals surface area contributed by atoms with Gasteiger partial charge in [-0.1, -0.05) is 12.1 Å². The minimum absolute atomic E-state index is 0.159. The zero-order valence-corrected chi connectivity index (χ0v) is 16.8. The van der Waals surface area contributed by atoms with E-state index in [1.165, 1.54) is 18.1 Å². The van der Waals surface area contributed by atoms with E-state index in [0.717, 1.165) is 0 Å². The van der Waals surface area contributed by atoms with Crippen LogP contribution in [0.3, 0.4) is 0 Å². The van der Waals surface area contributed by atoms with Crippen molar-refractivity contribution in [2.75, 3.05) is 33.1 Å². The van der Waals surface area contributed by atoms with Gasteiger partial charge < -0.3 is 19.7 Å². The molecule has 0 saturated heterocycles. The van der Waals surface area contributed by atoms with E-state index < -0.39 is 18.5 Å². The zero-order valence-electron chi connectivity index (χ0n) is 16.8. The molecule has 2 aromatic rings. The first kappa shape index (κ1) is 22.2. The van der Waals surface area contributed by atoms with Crippen LogP contribution in [0.15, 0.2) is 54.1 Å². The average Bonchev–Trinajstić information content (AvgIpc) is 2.75. The molecular weight excluding hydrogens is 386 g/mol. The molecule has 0 fully saturated rings. The average molecular weight is 407 g/mol. The SMILES string of the molecule is COc1cccc(/C=C(\C#N)C(=O)OCC(=O)Nc2ccc(C(=O)N(C)C)cc2)c1. The Bertz CT molecular complexity index is 1000. The maximum atomic E-state index is 12.1. The van der Waals surface area contributed by atoms with E-state index in [9.17, 15) is 19.6 Å². The van der Waals surface area contributed by atoms with E-state index in [2.05, 4.69) is 5.32 Å². The normalized spacial score (nSPS) is 10.5. The molecule has 8 nitrogen and oxygen atoms in total. The molecule has 1 N–H and O–H groups in total. The molecule has 2 rings (SSSR count). The molecule has 0 saturated carbocycles. The van der Waals surface area contributed by atoms with Gasteiger partial charge in [-0.25, -0.2) is 4.79 Å². The molecule has 0 heterocycles. The minimum atomic E-state index is -0.914. The number of ether oxygens (including phenoxy) is 2. The van der Waals surface area contributed by atoms with Gasteiger partial charge in [-0.15, -0.1) is 0 Å². The van der Waals surface area contributed by atoms with E-state index in [1.54, 1.807) is 68.7 Å². The van der Waals surface area contributed by atoms with E-state index in [-0.39, 0.29) is 11.5 Å². The summed E-state index contributed by atoms with van der Waals surface area (Å²) in [6.45, 7) is -0.561. The maximum Gasteiger partial charge on any atom is 0.349 e. The molecule has 8 heteroatoms. The molecule has 0 aliphatic heterocycles. The smallest absolute Gasteiger partial charge is 0.349 e. The summed E-state index contributed by atoms with van der Waals surface area (Å²) in [5.74, 6) is -1.07. The second kappa shape index (κ2) is 10.4. The summed E-state index contributed by atoms with van der Waals surface area (Å²) >= 11 is 0. The van der Waals surface area contributed by atoms with Crippen molar-refractivity contribution in [2.24, 2.45) is 0 Å². The van der Waals surface area contributed by atoms with Gasteiger partial charge in [0.15, 0.2) is 6.61 Å². The Balaban J connectivity index is 1.94. The molecule has 0 aliphatic carbocycles. The highest BCUT2D eigenvalue weighted by atomic mass is 16.5. The standard InChI is InChI=1S/C22H21N3O5/c1-25(2)21(27)16-7-9-18(10-8-16)24-20(26)14-30-22(28)17(13-23)11-15-5-4-6-19(12-15)29-3/h4-12H,14H2,1-3H3,(H,24,26)/b17-11+. The lowest BCUT2D eigenvalue weighted by Crippen LogP contribution is -2.22. The number of amides is 2. The van der Waals surface area contributed by atoms with Gasteiger partial charge in [0.1, 0.15) is 17.4 Å². The van der Waals surface area contributed by atoms with Crippen LogP contribution in [0.25, 0.3) is 6.08 Å². The van der Waals surface area contributed by atoms with Crippen molar-refractivity contribution in [3.05, 3.63) is 65.2 Å². The van der Waals surface area contributed by atoms with Gasteiger partial charge in [0, 0.05) is 25.3 Å². The largest absolute Gasteiger partial charge is 0.497 e. The predicted molar refractivity (Wildman–Crippen MR) is 111 cm³/mol. The Morgan fingerprint density at radius 2 is 1.83 bits per heavy atom. The van der Waals surface area contributed by atoms with Gasteiger partial charge in [-0.05, 0) is 48.0 Å². The summed E-state index contributed by atoms with van der Waals surface area (Å²) in [7, 11) is 4.80. The summed E-state index contributed by atoms with van der Waals surface area (Å²) in [5.41, 5.74) is 1.26. The number of carbonyl (C=O) groups is 3. The molecular formula is C22H21N3O5. The summed E-state index contributed by atoms with van der Waals surface area (Å²) in [4.78, 5) is 37.4. The Morgan fingerprint density at radius 1 is 1.13 bits per heavy atom. The Morgan fingerprint density at radius 3 is 2.43 bits per heavy atom. The third-order valence-electron chi connectivity index (χ3n) is 3.90. The lowest BCUT2D eigenvalue weighted by Gasteiger charge is -2.11. The Labute approximate surface area is 174 Å². The third kappa shape index (κ3) is 6.21. The molecule has 0 aliphatic rings. The number of hydrogen-bond donors (Lipinski definition) is 1. The van der Waals surface area contributed by atoms with Crippen LogP contribution in [0.4, 0.5) is 5.69 Å². The number of rotatable bonds is 7. The van der Waals surface area contributed by atoms with E-state index in [1.807, 2.05) is 0 Å². The summed E-state index contributed by atoms with van der Waals surface area (Å²) in [6, 6.07) is 14.9. The second-order valence-electron chi connectivity index (χ2n) is 6.35. The van der Waals surface area contributed by atoms with Gasteiger partial charge in [-0.2, -0.15) is 5.26 Å². The number of nitrogens with one attached hydrogen (secondary N) is 1. The number of carbonyl (C=O) groups excluding carboxylic acids is 3. The van der Waals surface area contributed by atoms with Crippen LogP contribution in [-0.2, 0) is 14.3 Å². The number of hydrogen-bond acceptors (Lipinski definition) is 6. The topological polar surface area (TPSA) is 109 Å². The highest BCUT2D eigenvalue weighted by Gasteiger charge is 2.14. The first-order valence-corrected chi connectivity index (χ1v) is 8.88. The molecule has 154 valence electrons. The first-order chi connectivity index (χ1) is 14.3. The molecule has 0 spiro atoms. The predicted octanol–water partition coefficient (Wildman–Crippen LogP) is 2.49. The first-order valence-electron chi connectivity index (χ1n) is 8.88. The van der Waals surface area contributed by atoms with Gasteiger partial charge in [0.2, 0.25) is 0 Å².